The lowest BCUT2D eigenvalue weighted by atomic mass is 9.85. The van der Waals surface area contributed by atoms with Gasteiger partial charge in [-0.3, -0.25) is 4.40 Å². The zero-order chi connectivity index (χ0) is 10.3. The van der Waals surface area contributed by atoms with Crippen LogP contribution >= 0.6 is 0 Å². The van der Waals surface area contributed by atoms with Gasteiger partial charge in [-0.05, 0) is 25.0 Å². The smallest absolute Gasteiger partial charge is 0.203 e. The van der Waals surface area contributed by atoms with Crippen LogP contribution in [0.3, 0.4) is 0 Å². The molecule has 2 aromatic heterocycles. The van der Waals surface area contributed by atoms with Crippen molar-refractivity contribution in [2.24, 2.45) is 0 Å². The average Bonchev–Trinajstić information content (AvgIpc) is 2.59. The Hall–Kier alpha value is -1.58. The highest BCUT2D eigenvalue weighted by Crippen LogP contribution is 2.35. The molecule has 4 nitrogen and oxygen atoms in total. The van der Waals surface area contributed by atoms with Gasteiger partial charge in [0.15, 0.2) is 5.75 Å². The Morgan fingerprint density at radius 2 is 2.27 bits per heavy atom. The number of nitrogens with zero attached hydrogens (tertiary/aromatic N) is 3. The van der Waals surface area contributed by atoms with Crippen molar-refractivity contribution in [3.05, 3.63) is 24.2 Å². The molecule has 0 unspecified atom stereocenters. The highest BCUT2D eigenvalue weighted by Gasteiger charge is 2.24. The van der Waals surface area contributed by atoms with E-state index >= 15 is 0 Å². The van der Waals surface area contributed by atoms with Crippen LogP contribution < -0.4 is 4.74 Å². The van der Waals surface area contributed by atoms with Gasteiger partial charge in [-0.2, -0.15) is 0 Å². The summed E-state index contributed by atoms with van der Waals surface area (Å²) in [5.74, 6) is 2.46. The summed E-state index contributed by atoms with van der Waals surface area (Å²) >= 11 is 0. The van der Waals surface area contributed by atoms with Gasteiger partial charge in [-0.1, -0.05) is 6.42 Å². The first kappa shape index (κ1) is 8.71. The van der Waals surface area contributed by atoms with E-state index in [4.69, 9.17) is 4.74 Å². The fourth-order valence-corrected chi connectivity index (χ4v) is 2.01. The van der Waals surface area contributed by atoms with Gasteiger partial charge in [-0.25, -0.2) is 0 Å². The van der Waals surface area contributed by atoms with E-state index in [-0.39, 0.29) is 0 Å². The van der Waals surface area contributed by atoms with Gasteiger partial charge in [0.05, 0.1) is 7.11 Å². The van der Waals surface area contributed by atoms with E-state index in [1.54, 1.807) is 7.11 Å². The van der Waals surface area contributed by atoms with Crippen LogP contribution in [-0.2, 0) is 0 Å². The lowest BCUT2D eigenvalue weighted by molar-refractivity contribution is 0.397. The summed E-state index contributed by atoms with van der Waals surface area (Å²) in [6, 6.07) is 3.88. The highest BCUT2D eigenvalue weighted by atomic mass is 16.5. The van der Waals surface area contributed by atoms with Crippen molar-refractivity contribution in [1.82, 2.24) is 14.6 Å². The monoisotopic (exact) mass is 203 g/mol. The van der Waals surface area contributed by atoms with Crippen LogP contribution in [-0.4, -0.2) is 21.7 Å². The van der Waals surface area contributed by atoms with E-state index in [1.807, 2.05) is 22.7 Å². The van der Waals surface area contributed by atoms with Crippen molar-refractivity contribution in [2.45, 2.75) is 25.2 Å². The Morgan fingerprint density at radius 1 is 1.40 bits per heavy atom. The molecule has 15 heavy (non-hydrogen) atoms. The minimum Gasteiger partial charge on any atom is -0.493 e. The zero-order valence-electron chi connectivity index (χ0n) is 8.68. The Morgan fingerprint density at radius 3 is 2.93 bits per heavy atom. The third kappa shape index (κ3) is 1.21. The zero-order valence-corrected chi connectivity index (χ0v) is 8.68. The van der Waals surface area contributed by atoms with Gasteiger partial charge in [0.25, 0.3) is 0 Å². The second kappa shape index (κ2) is 3.22. The topological polar surface area (TPSA) is 39.4 Å². The Labute approximate surface area is 87.9 Å². The first-order valence-electron chi connectivity index (χ1n) is 5.28. The largest absolute Gasteiger partial charge is 0.493 e. The predicted molar refractivity (Wildman–Crippen MR) is 56.1 cm³/mol. The minimum atomic E-state index is 0.590. The summed E-state index contributed by atoms with van der Waals surface area (Å²) in [6.07, 6.45) is 5.78. The third-order valence-electron chi connectivity index (χ3n) is 3.12. The Kier molecular flexibility index (Phi) is 1.87. The van der Waals surface area contributed by atoms with Gasteiger partial charge in [0.2, 0.25) is 5.65 Å². The van der Waals surface area contributed by atoms with E-state index in [2.05, 4.69) is 10.2 Å². The summed E-state index contributed by atoms with van der Waals surface area (Å²) in [5, 5.41) is 8.44. The fourth-order valence-electron chi connectivity index (χ4n) is 2.01. The summed E-state index contributed by atoms with van der Waals surface area (Å²) in [6.45, 7) is 0. The average molecular weight is 203 g/mol. The maximum atomic E-state index is 5.25. The van der Waals surface area contributed by atoms with Gasteiger partial charge in [-0.15, -0.1) is 10.2 Å². The molecule has 0 radical (unpaired) electrons. The van der Waals surface area contributed by atoms with E-state index in [9.17, 15) is 0 Å². The molecule has 1 aliphatic rings. The molecule has 2 aromatic rings. The van der Waals surface area contributed by atoms with Gasteiger partial charge < -0.3 is 4.74 Å². The van der Waals surface area contributed by atoms with Crippen molar-refractivity contribution < 1.29 is 4.74 Å². The molecule has 0 spiro atoms. The standard InChI is InChI=1S/C11H13N3O/c1-15-9-6-3-7-14-10(8-4-2-5-8)12-13-11(9)14/h3,6-8H,2,4-5H2,1H3. The number of fused-ring (bicyclic) bond motifs is 1. The number of hydrogen-bond acceptors (Lipinski definition) is 3. The van der Waals surface area contributed by atoms with Crippen molar-refractivity contribution in [3.8, 4) is 5.75 Å². The number of ether oxygens (including phenoxy) is 1. The van der Waals surface area contributed by atoms with E-state index in [1.165, 1.54) is 19.3 Å². The molecule has 1 saturated carbocycles. The van der Waals surface area contributed by atoms with Crippen LogP contribution in [0.4, 0.5) is 0 Å². The molecule has 78 valence electrons. The lowest BCUT2D eigenvalue weighted by Crippen LogP contribution is -2.12. The lowest BCUT2D eigenvalue weighted by Gasteiger charge is -2.23. The number of hydrogen-bond donors (Lipinski definition) is 0. The molecular formula is C11H13N3O. The first-order valence-corrected chi connectivity index (χ1v) is 5.28. The van der Waals surface area contributed by atoms with Crippen molar-refractivity contribution in [1.29, 1.82) is 0 Å². The molecule has 0 atom stereocenters. The molecule has 0 N–H and O–H groups in total. The molecule has 3 rings (SSSR count). The van der Waals surface area contributed by atoms with Crippen LogP contribution in [0.1, 0.15) is 31.0 Å². The molecule has 4 heteroatoms. The molecule has 0 saturated heterocycles. The number of aromatic nitrogens is 3. The number of methoxy groups -OCH3 is 1. The SMILES string of the molecule is COc1cccn2c(C3CCC3)nnc12. The molecule has 0 bridgehead atoms. The molecule has 1 fully saturated rings. The second-order valence-electron chi connectivity index (χ2n) is 3.96. The molecule has 1 aliphatic carbocycles. The number of rotatable bonds is 2. The predicted octanol–water partition coefficient (Wildman–Crippen LogP) is 2.01. The van der Waals surface area contributed by atoms with Crippen LogP contribution in [0.25, 0.3) is 5.65 Å². The molecule has 0 aliphatic heterocycles. The Balaban J connectivity index is 2.16. The maximum absolute atomic E-state index is 5.25. The van der Waals surface area contributed by atoms with Crippen LogP contribution in [0.15, 0.2) is 18.3 Å². The van der Waals surface area contributed by atoms with E-state index < -0.39 is 0 Å². The second-order valence-corrected chi connectivity index (χ2v) is 3.96. The van der Waals surface area contributed by atoms with Crippen molar-refractivity contribution in [3.63, 3.8) is 0 Å². The fraction of sp³-hybridized carbons (Fsp3) is 0.455. The molecule has 0 amide bonds. The molecule has 0 aromatic carbocycles. The van der Waals surface area contributed by atoms with E-state index in [0.717, 1.165) is 17.2 Å². The maximum Gasteiger partial charge on any atom is 0.203 e. The van der Waals surface area contributed by atoms with Gasteiger partial charge >= 0.3 is 0 Å². The van der Waals surface area contributed by atoms with Crippen molar-refractivity contribution in [2.75, 3.05) is 7.11 Å². The van der Waals surface area contributed by atoms with Gasteiger partial charge in [0.1, 0.15) is 5.82 Å². The molecular weight excluding hydrogens is 190 g/mol. The quantitative estimate of drug-likeness (QED) is 0.749. The van der Waals surface area contributed by atoms with Crippen molar-refractivity contribution >= 4 is 5.65 Å². The number of pyridine rings is 1. The normalized spacial score (nSPS) is 16.6. The highest BCUT2D eigenvalue weighted by molar-refractivity contribution is 5.53. The van der Waals surface area contributed by atoms with Crippen LogP contribution in [0, 0.1) is 0 Å². The van der Waals surface area contributed by atoms with Gasteiger partial charge in [0, 0.05) is 12.1 Å². The minimum absolute atomic E-state index is 0.590. The molecule has 2 heterocycles. The first-order chi connectivity index (χ1) is 7.40. The third-order valence-corrected chi connectivity index (χ3v) is 3.12. The summed E-state index contributed by atoms with van der Waals surface area (Å²) in [7, 11) is 1.66. The summed E-state index contributed by atoms with van der Waals surface area (Å²) < 4.78 is 7.29. The van der Waals surface area contributed by atoms with Crippen LogP contribution in [0.5, 0.6) is 5.75 Å². The Bertz CT molecular complexity index is 488. The summed E-state index contributed by atoms with van der Waals surface area (Å²) in [5.41, 5.74) is 0.821. The van der Waals surface area contributed by atoms with E-state index in [0.29, 0.717) is 5.92 Å². The summed E-state index contributed by atoms with van der Waals surface area (Å²) in [4.78, 5) is 0. The van der Waals surface area contributed by atoms with Crippen LogP contribution in [0.2, 0.25) is 0 Å².